The minimum Gasteiger partial charge on any atom is -0.481 e. The fourth-order valence-electron chi connectivity index (χ4n) is 4.01. The predicted molar refractivity (Wildman–Crippen MR) is 73.2 cm³/mol. The SMILES string of the molecule is O=C(O)C12CC(C(=O)O)(C1)C2n1ccc2ccc(Cl)nc21. The Morgan fingerprint density at radius 2 is 1.81 bits per heavy atom. The van der Waals surface area contributed by atoms with Crippen molar-refractivity contribution in [3.05, 3.63) is 29.5 Å². The van der Waals surface area contributed by atoms with Crippen molar-refractivity contribution < 1.29 is 19.8 Å². The lowest BCUT2D eigenvalue weighted by molar-refractivity contribution is -0.262. The van der Waals surface area contributed by atoms with Gasteiger partial charge < -0.3 is 14.8 Å². The van der Waals surface area contributed by atoms with E-state index in [0.29, 0.717) is 10.8 Å². The lowest BCUT2D eigenvalue weighted by Gasteiger charge is -2.71. The third-order valence-corrected chi connectivity index (χ3v) is 5.18. The molecule has 0 aromatic carbocycles. The molecule has 0 unspecified atom stereocenters. The molecule has 0 aliphatic heterocycles. The number of carbonyl (C=O) groups is 2. The molecule has 3 saturated carbocycles. The highest BCUT2D eigenvalue weighted by atomic mass is 35.5. The van der Waals surface area contributed by atoms with E-state index < -0.39 is 28.8 Å². The molecular weight excluding hydrogens is 296 g/mol. The van der Waals surface area contributed by atoms with E-state index in [0.717, 1.165) is 5.39 Å². The van der Waals surface area contributed by atoms with Gasteiger partial charge in [-0.3, -0.25) is 9.59 Å². The van der Waals surface area contributed by atoms with Crippen molar-refractivity contribution in [1.82, 2.24) is 9.55 Å². The molecule has 3 fully saturated rings. The molecule has 2 heterocycles. The quantitative estimate of drug-likeness (QED) is 0.848. The summed E-state index contributed by atoms with van der Waals surface area (Å²) in [6.07, 6.45) is 2.05. The maximum atomic E-state index is 11.6. The van der Waals surface area contributed by atoms with Crippen LogP contribution >= 0.6 is 11.6 Å². The van der Waals surface area contributed by atoms with Gasteiger partial charge in [-0.1, -0.05) is 11.6 Å². The maximum Gasteiger partial charge on any atom is 0.311 e. The van der Waals surface area contributed by atoms with Crippen molar-refractivity contribution in [2.75, 3.05) is 0 Å². The van der Waals surface area contributed by atoms with E-state index in [9.17, 15) is 19.8 Å². The Bertz CT molecular complexity index is 780. The van der Waals surface area contributed by atoms with Crippen LogP contribution in [0.5, 0.6) is 0 Å². The second-order valence-electron chi connectivity index (χ2n) is 5.95. The number of rotatable bonds is 3. The first-order chi connectivity index (χ1) is 9.91. The van der Waals surface area contributed by atoms with Crippen LogP contribution < -0.4 is 0 Å². The molecule has 7 heteroatoms. The van der Waals surface area contributed by atoms with Crippen LogP contribution in [-0.2, 0) is 9.59 Å². The topological polar surface area (TPSA) is 92.4 Å². The fraction of sp³-hybridized carbons (Fsp3) is 0.357. The van der Waals surface area contributed by atoms with Gasteiger partial charge in [0, 0.05) is 11.6 Å². The number of nitrogens with zero attached hydrogens (tertiary/aromatic N) is 2. The molecule has 21 heavy (non-hydrogen) atoms. The summed E-state index contributed by atoms with van der Waals surface area (Å²) in [5, 5.41) is 20.0. The third kappa shape index (κ3) is 1.26. The molecule has 2 aromatic heterocycles. The Hall–Kier alpha value is -2.08. The molecule has 0 saturated heterocycles. The summed E-state index contributed by atoms with van der Waals surface area (Å²) in [5.74, 6) is -1.89. The minimum absolute atomic E-state index is 0.176. The van der Waals surface area contributed by atoms with Gasteiger partial charge in [-0.2, -0.15) is 0 Å². The number of aromatic nitrogens is 2. The number of aliphatic carboxylic acids is 2. The first-order valence-corrected chi connectivity index (χ1v) is 6.88. The highest BCUT2D eigenvalue weighted by Gasteiger charge is 2.83. The van der Waals surface area contributed by atoms with E-state index in [2.05, 4.69) is 4.98 Å². The van der Waals surface area contributed by atoms with E-state index in [1.54, 1.807) is 29.0 Å². The normalized spacial score (nSPS) is 33.3. The highest BCUT2D eigenvalue weighted by molar-refractivity contribution is 6.29. The van der Waals surface area contributed by atoms with Crippen LogP contribution in [0.15, 0.2) is 24.4 Å². The molecule has 2 N–H and O–H groups in total. The molecule has 5 rings (SSSR count). The zero-order valence-electron chi connectivity index (χ0n) is 10.8. The number of halogens is 1. The van der Waals surface area contributed by atoms with Crippen LogP contribution in [-0.4, -0.2) is 31.7 Å². The van der Waals surface area contributed by atoms with Gasteiger partial charge in [-0.05, 0) is 31.0 Å². The molecule has 6 nitrogen and oxygen atoms in total. The van der Waals surface area contributed by atoms with Crippen molar-refractivity contribution >= 4 is 34.6 Å². The first-order valence-electron chi connectivity index (χ1n) is 6.51. The average molecular weight is 307 g/mol. The van der Waals surface area contributed by atoms with Crippen molar-refractivity contribution in [1.29, 1.82) is 0 Å². The molecule has 0 amide bonds. The van der Waals surface area contributed by atoms with Gasteiger partial charge in [0.15, 0.2) is 0 Å². The highest BCUT2D eigenvalue weighted by Crippen LogP contribution is 2.79. The van der Waals surface area contributed by atoms with Gasteiger partial charge in [0.2, 0.25) is 0 Å². The fourth-order valence-corrected chi connectivity index (χ4v) is 4.15. The molecule has 0 spiro atoms. The summed E-state index contributed by atoms with van der Waals surface area (Å²) < 4.78 is 1.66. The maximum absolute atomic E-state index is 11.6. The lowest BCUT2D eigenvalue weighted by Crippen LogP contribution is -2.76. The molecular formula is C14H11ClN2O4. The molecule has 3 aliphatic carbocycles. The Labute approximate surface area is 124 Å². The monoisotopic (exact) mass is 306 g/mol. The molecule has 0 radical (unpaired) electrons. The molecule has 2 aromatic rings. The number of carboxylic acid groups (broad SMARTS) is 2. The number of hydrogen-bond acceptors (Lipinski definition) is 3. The minimum atomic E-state index is -0.992. The van der Waals surface area contributed by atoms with E-state index in [-0.39, 0.29) is 12.8 Å². The second-order valence-corrected chi connectivity index (χ2v) is 6.34. The predicted octanol–water partition coefficient (Wildman–Crippen LogP) is 2.18. The van der Waals surface area contributed by atoms with Gasteiger partial charge in [-0.15, -0.1) is 0 Å². The summed E-state index contributed by atoms with van der Waals surface area (Å²) in [4.78, 5) is 27.3. The van der Waals surface area contributed by atoms with Gasteiger partial charge >= 0.3 is 11.9 Å². The van der Waals surface area contributed by atoms with Crippen LogP contribution in [0, 0.1) is 10.8 Å². The van der Waals surface area contributed by atoms with Crippen LogP contribution in [0.1, 0.15) is 18.9 Å². The van der Waals surface area contributed by atoms with Gasteiger partial charge in [0.25, 0.3) is 0 Å². The smallest absolute Gasteiger partial charge is 0.311 e. The van der Waals surface area contributed by atoms with E-state index >= 15 is 0 Å². The second kappa shape index (κ2) is 3.57. The third-order valence-electron chi connectivity index (χ3n) is 4.97. The van der Waals surface area contributed by atoms with E-state index in [4.69, 9.17) is 11.6 Å². The van der Waals surface area contributed by atoms with Gasteiger partial charge in [0.05, 0.1) is 16.9 Å². The Morgan fingerprint density at radius 3 is 2.38 bits per heavy atom. The standard InChI is InChI=1S/C14H11ClN2O4/c15-8-2-1-7-3-4-17(9(7)16-8)10-13(11(18)19)5-14(10,6-13)12(20)21/h1-4,10H,5-6H2,(H,18,19)(H,20,21). The van der Waals surface area contributed by atoms with Gasteiger partial charge in [-0.25, -0.2) is 4.98 Å². The Morgan fingerprint density at radius 1 is 1.19 bits per heavy atom. The molecule has 3 aliphatic rings. The summed E-state index contributed by atoms with van der Waals surface area (Å²) in [6, 6.07) is 4.62. The molecule has 2 bridgehead atoms. The summed E-state index contributed by atoms with van der Waals surface area (Å²) in [7, 11) is 0. The molecule has 0 atom stereocenters. The van der Waals surface area contributed by atoms with Crippen molar-refractivity contribution in [2.45, 2.75) is 18.9 Å². The lowest BCUT2D eigenvalue weighted by atomic mass is 9.31. The van der Waals surface area contributed by atoms with Crippen LogP contribution in [0.4, 0.5) is 0 Å². The Balaban J connectivity index is 1.89. The summed E-state index contributed by atoms with van der Waals surface area (Å²) >= 11 is 5.90. The first kappa shape index (κ1) is 12.6. The molecule has 108 valence electrons. The van der Waals surface area contributed by atoms with Crippen molar-refractivity contribution in [3.8, 4) is 0 Å². The zero-order chi connectivity index (χ0) is 15.0. The largest absolute Gasteiger partial charge is 0.481 e. The Kier molecular flexibility index (Phi) is 2.15. The summed E-state index contributed by atoms with van der Waals surface area (Å²) in [6.45, 7) is 0. The summed E-state index contributed by atoms with van der Waals surface area (Å²) in [5.41, 5.74) is -1.45. The van der Waals surface area contributed by atoms with Crippen LogP contribution in [0.3, 0.4) is 0 Å². The van der Waals surface area contributed by atoms with Crippen molar-refractivity contribution in [3.63, 3.8) is 0 Å². The van der Waals surface area contributed by atoms with Gasteiger partial charge in [0.1, 0.15) is 10.8 Å². The van der Waals surface area contributed by atoms with Crippen LogP contribution in [0.25, 0.3) is 11.0 Å². The number of fused-ring (bicyclic) bond motifs is 1. The number of carboxylic acids is 2. The average Bonchev–Trinajstić information content (AvgIpc) is 2.68. The van der Waals surface area contributed by atoms with Crippen LogP contribution in [0.2, 0.25) is 5.15 Å². The number of pyridine rings is 1. The van der Waals surface area contributed by atoms with E-state index in [1.807, 2.05) is 0 Å². The zero-order valence-corrected chi connectivity index (χ0v) is 11.5. The van der Waals surface area contributed by atoms with E-state index in [1.165, 1.54) is 0 Å². The van der Waals surface area contributed by atoms with Crippen molar-refractivity contribution in [2.24, 2.45) is 10.8 Å². The number of hydrogen-bond donors (Lipinski definition) is 2.